The Hall–Kier alpha value is -2.58. The number of fused-ring (bicyclic) bond motifs is 1. The molecule has 2 aliphatic heterocycles. The second kappa shape index (κ2) is 8.89. The van der Waals surface area contributed by atoms with Crippen LogP contribution < -0.4 is 14.8 Å². The van der Waals surface area contributed by atoms with E-state index in [0.717, 1.165) is 42.6 Å². The summed E-state index contributed by atoms with van der Waals surface area (Å²) in [4.78, 5) is 13.2. The fraction of sp³-hybridized carbons (Fsp3) is 0.500. The van der Waals surface area contributed by atoms with E-state index in [-0.39, 0.29) is 11.8 Å². The summed E-state index contributed by atoms with van der Waals surface area (Å²) < 4.78 is 39.9. The number of carbonyl (C=O) groups is 1. The quantitative estimate of drug-likeness (QED) is 0.675. The maximum atomic E-state index is 13.1. The van der Waals surface area contributed by atoms with E-state index in [9.17, 15) is 13.2 Å². The van der Waals surface area contributed by atoms with Gasteiger partial charge in [0.1, 0.15) is 0 Å². The molecule has 0 unspecified atom stereocenters. The third-order valence-electron chi connectivity index (χ3n) is 7.36. The van der Waals surface area contributed by atoms with Gasteiger partial charge in [0.2, 0.25) is 15.9 Å². The van der Waals surface area contributed by atoms with E-state index in [0.29, 0.717) is 42.3 Å². The van der Waals surface area contributed by atoms with E-state index in [2.05, 4.69) is 5.32 Å². The first kappa shape index (κ1) is 23.2. The number of piperidine rings is 1. The number of sulfonamides is 1. The van der Waals surface area contributed by atoms with Crippen LogP contribution in [0.3, 0.4) is 0 Å². The van der Waals surface area contributed by atoms with Crippen molar-refractivity contribution in [1.29, 1.82) is 0 Å². The van der Waals surface area contributed by atoms with E-state index < -0.39 is 15.8 Å². The Labute approximate surface area is 201 Å². The van der Waals surface area contributed by atoms with Gasteiger partial charge in [-0.05, 0) is 74.9 Å². The summed E-state index contributed by atoms with van der Waals surface area (Å²) in [6, 6.07) is 10.7. The van der Waals surface area contributed by atoms with Gasteiger partial charge in [0.05, 0.1) is 4.90 Å². The summed E-state index contributed by atoms with van der Waals surface area (Å²) in [6.07, 6.45) is 6.13. The van der Waals surface area contributed by atoms with Gasteiger partial charge < -0.3 is 14.8 Å². The van der Waals surface area contributed by atoms with Crippen LogP contribution in [-0.2, 0) is 14.8 Å². The highest BCUT2D eigenvalue weighted by atomic mass is 32.2. The molecule has 1 spiro atoms. The number of hydrogen-bond donors (Lipinski definition) is 1. The van der Waals surface area contributed by atoms with Crippen molar-refractivity contribution in [3.8, 4) is 11.5 Å². The van der Waals surface area contributed by atoms with Crippen molar-refractivity contribution in [3.05, 3.63) is 47.5 Å². The molecular weight excluding hydrogens is 452 g/mol. The number of nitrogens with one attached hydrogen (secondary N) is 1. The second-order valence-electron chi connectivity index (χ2n) is 9.75. The van der Waals surface area contributed by atoms with Gasteiger partial charge in [0.15, 0.2) is 11.5 Å². The minimum atomic E-state index is -3.56. The normalized spacial score (nSPS) is 20.4. The number of rotatable bonds is 4. The standard InChI is InChI=1S/C26H32N2O5S/c1-18-6-8-22(16-19(18)2)34(30,31)28-14-10-20(11-15-28)25(29)27-21-7-9-23-24(17-21)33-26(32-23)12-4-3-5-13-26/h6-9,16-17,20H,3-5,10-15H2,1-2H3,(H,27,29). The van der Waals surface area contributed by atoms with Gasteiger partial charge in [0, 0.05) is 43.6 Å². The zero-order valence-electron chi connectivity index (χ0n) is 19.8. The van der Waals surface area contributed by atoms with Crippen LogP contribution in [0.4, 0.5) is 5.69 Å². The van der Waals surface area contributed by atoms with Crippen LogP contribution in [0.2, 0.25) is 0 Å². The van der Waals surface area contributed by atoms with Crippen LogP contribution in [0.5, 0.6) is 11.5 Å². The predicted octanol–water partition coefficient (Wildman–Crippen LogP) is 4.77. The molecule has 0 aromatic heterocycles. The van der Waals surface area contributed by atoms with Crippen molar-refractivity contribution >= 4 is 21.6 Å². The van der Waals surface area contributed by atoms with Crippen molar-refractivity contribution in [3.63, 3.8) is 0 Å². The zero-order valence-corrected chi connectivity index (χ0v) is 20.6. The van der Waals surface area contributed by atoms with Gasteiger partial charge in [-0.25, -0.2) is 8.42 Å². The van der Waals surface area contributed by atoms with Gasteiger partial charge >= 0.3 is 0 Å². The third-order valence-corrected chi connectivity index (χ3v) is 9.25. The lowest BCUT2D eigenvalue weighted by atomic mass is 9.94. The molecule has 2 aromatic rings. The summed E-state index contributed by atoms with van der Waals surface area (Å²) in [5.74, 6) is 0.534. The molecule has 2 heterocycles. The lowest BCUT2D eigenvalue weighted by molar-refractivity contribution is -0.120. The van der Waals surface area contributed by atoms with Crippen LogP contribution >= 0.6 is 0 Å². The Balaban J connectivity index is 1.19. The average molecular weight is 485 g/mol. The Kier molecular flexibility index (Phi) is 6.06. The Morgan fingerprint density at radius 2 is 1.65 bits per heavy atom. The average Bonchev–Trinajstić information content (AvgIpc) is 3.17. The van der Waals surface area contributed by atoms with Crippen LogP contribution in [-0.4, -0.2) is 37.5 Å². The van der Waals surface area contributed by atoms with Gasteiger partial charge in [0.25, 0.3) is 5.79 Å². The van der Waals surface area contributed by atoms with E-state index in [4.69, 9.17) is 9.47 Å². The van der Waals surface area contributed by atoms with E-state index in [1.165, 1.54) is 10.7 Å². The first-order valence-corrected chi connectivity index (χ1v) is 13.6. The highest BCUT2D eigenvalue weighted by Gasteiger charge is 2.42. The summed E-state index contributed by atoms with van der Waals surface area (Å²) in [7, 11) is -3.56. The maximum absolute atomic E-state index is 13.1. The minimum Gasteiger partial charge on any atom is -0.448 e. The molecule has 8 heteroatoms. The molecule has 1 aliphatic carbocycles. The van der Waals surface area contributed by atoms with Gasteiger partial charge in [-0.3, -0.25) is 4.79 Å². The molecule has 2 fully saturated rings. The van der Waals surface area contributed by atoms with E-state index >= 15 is 0 Å². The third kappa shape index (κ3) is 4.41. The van der Waals surface area contributed by atoms with Crippen molar-refractivity contribution < 1.29 is 22.7 Å². The van der Waals surface area contributed by atoms with Crippen molar-refractivity contribution in [2.75, 3.05) is 18.4 Å². The second-order valence-corrected chi connectivity index (χ2v) is 11.7. The Morgan fingerprint density at radius 3 is 2.35 bits per heavy atom. The lowest BCUT2D eigenvalue weighted by Crippen LogP contribution is -2.41. The smallest absolute Gasteiger partial charge is 0.251 e. The SMILES string of the molecule is Cc1ccc(S(=O)(=O)N2CCC(C(=O)Nc3ccc4c(c3)OC3(CCCCC3)O4)CC2)cc1C. The number of anilines is 1. The van der Waals surface area contributed by atoms with Crippen molar-refractivity contribution in [2.24, 2.45) is 5.92 Å². The number of ether oxygens (including phenoxy) is 2. The molecule has 0 radical (unpaired) electrons. The van der Waals surface area contributed by atoms with Crippen LogP contribution in [0.1, 0.15) is 56.1 Å². The molecule has 182 valence electrons. The number of nitrogens with zero attached hydrogens (tertiary/aromatic N) is 1. The van der Waals surface area contributed by atoms with Crippen LogP contribution in [0, 0.1) is 19.8 Å². The molecule has 0 bridgehead atoms. The van der Waals surface area contributed by atoms with Crippen molar-refractivity contribution in [1.82, 2.24) is 4.31 Å². The van der Waals surface area contributed by atoms with E-state index in [1.54, 1.807) is 12.1 Å². The predicted molar refractivity (Wildman–Crippen MR) is 130 cm³/mol. The summed E-state index contributed by atoms with van der Waals surface area (Å²) in [6.45, 7) is 4.54. The number of amides is 1. The first-order chi connectivity index (χ1) is 16.3. The largest absolute Gasteiger partial charge is 0.448 e. The molecule has 2 aromatic carbocycles. The fourth-order valence-corrected chi connectivity index (χ4v) is 6.65. The molecule has 1 saturated carbocycles. The monoisotopic (exact) mass is 484 g/mol. The molecular formula is C26H32N2O5S. The highest BCUT2D eigenvalue weighted by Crippen LogP contribution is 2.46. The highest BCUT2D eigenvalue weighted by molar-refractivity contribution is 7.89. The Bertz CT molecular complexity index is 1200. The molecule has 1 amide bonds. The number of aryl methyl sites for hydroxylation is 2. The van der Waals surface area contributed by atoms with Crippen LogP contribution in [0.15, 0.2) is 41.3 Å². The van der Waals surface area contributed by atoms with Gasteiger partial charge in [-0.2, -0.15) is 4.31 Å². The molecule has 1 saturated heterocycles. The molecule has 5 rings (SSSR count). The summed E-state index contributed by atoms with van der Waals surface area (Å²) in [5, 5.41) is 2.99. The topological polar surface area (TPSA) is 84.9 Å². The van der Waals surface area contributed by atoms with Crippen LogP contribution in [0.25, 0.3) is 0 Å². The Morgan fingerprint density at radius 1 is 0.941 bits per heavy atom. The van der Waals surface area contributed by atoms with E-state index in [1.807, 2.05) is 38.1 Å². The summed E-state index contributed by atoms with van der Waals surface area (Å²) in [5.41, 5.74) is 2.69. The molecule has 3 aliphatic rings. The lowest BCUT2D eigenvalue weighted by Gasteiger charge is -2.31. The fourth-order valence-electron chi connectivity index (χ4n) is 5.09. The van der Waals surface area contributed by atoms with Gasteiger partial charge in [-0.15, -0.1) is 0 Å². The minimum absolute atomic E-state index is 0.0885. The molecule has 1 N–H and O–H groups in total. The number of benzene rings is 2. The van der Waals surface area contributed by atoms with Gasteiger partial charge in [-0.1, -0.05) is 12.5 Å². The molecule has 34 heavy (non-hydrogen) atoms. The zero-order chi connectivity index (χ0) is 23.9. The first-order valence-electron chi connectivity index (χ1n) is 12.2. The number of carbonyl (C=O) groups excluding carboxylic acids is 1. The summed E-state index contributed by atoms with van der Waals surface area (Å²) >= 11 is 0. The van der Waals surface area contributed by atoms with Crippen molar-refractivity contribution in [2.45, 2.75) is 69.5 Å². The molecule has 0 atom stereocenters. The molecule has 7 nitrogen and oxygen atoms in total. The maximum Gasteiger partial charge on any atom is 0.251 e. The number of hydrogen-bond acceptors (Lipinski definition) is 5.